The van der Waals surface area contributed by atoms with E-state index in [1.165, 1.54) is 17.9 Å². The molecule has 0 fully saturated rings. The van der Waals surface area contributed by atoms with E-state index in [-0.39, 0.29) is 19.1 Å². The van der Waals surface area contributed by atoms with Gasteiger partial charge in [0.1, 0.15) is 5.76 Å². The van der Waals surface area contributed by atoms with E-state index in [1.54, 1.807) is 18.2 Å². The highest BCUT2D eigenvalue weighted by atomic mass is 16.5. The Labute approximate surface area is 141 Å². The van der Waals surface area contributed by atoms with Crippen LogP contribution in [-0.2, 0) is 20.9 Å². The molecule has 0 aliphatic rings. The lowest BCUT2D eigenvalue weighted by atomic mass is 10.0. The second kappa shape index (κ2) is 8.72. The van der Waals surface area contributed by atoms with Crippen molar-refractivity contribution in [2.45, 2.75) is 26.3 Å². The second-order valence-electron chi connectivity index (χ2n) is 5.62. The van der Waals surface area contributed by atoms with Crippen molar-refractivity contribution < 1.29 is 18.7 Å². The molecule has 0 saturated heterocycles. The van der Waals surface area contributed by atoms with E-state index < -0.39 is 5.97 Å². The number of rotatable bonds is 7. The minimum atomic E-state index is -0.559. The van der Waals surface area contributed by atoms with Gasteiger partial charge in [0.05, 0.1) is 12.8 Å². The summed E-state index contributed by atoms with van der Waals surface area (Å²) in [6.07, 6.45) is 4.50. The van der Waals surface area contributed by atoms with Crippen molar-refractivity contribution in [2.75, 3.05) is 6.61 Å². The van der Waals surface area contributed by atoms with Gasteiger partial charge in [-0.3, -0.25) is 4.79 Å². The third-order valence-corrected chi connectivity index (χ3v) is 3.40. The third kappa shape index (κ3) is 5.76. The van der Waals surface area contributed by atoms with E-state index in [4.69, 9.17) is 9.15 Å². The van der Waals surface area contributed by atoms with Crippen molar-refractivity contribution in [1.29, 1.82) is 0 Å². The van der Waals surface area contributed by atoms with Gasteiger partial charge in [-0.25, -0.2) is 4.79 Å². The SMILES string of the molecule is CC(C)c1ccc(/C=C/C(=O)OCC(=O)NCc2ccco2)cc1. The molecular weight excluding hydrogens is 306 g/mol. The quantitative estimate of drug-likeness (QED) is 0.626. The zero-order valence-electron chi connectivity index (χ0n) is 13.8. The fraction of sp³-hybridized carbons (Fsp3) is 0.263. The maximum atomic E-state index is 11.6. The molecule has 5 heteroatoms. The van der Waals surface area contributed by atoms with Crippen LogP contribution in [0.3, 0.4) is 0 Å². The lowest BCUT2D eigenvalue weighted by Gasteiger charge is -2.05. The van der Waals surface area contributed by atoms with E-state index in [9.17, 15) is 9.59 Å². The largest absolute Gasteiger partial charge is 0.467 e. The van der Waals surface area contributed by atoms with Gasteiger partial charge in [0.15, 0.2) is 6.61 Å². The van der Waals surface area contributed by atoms with Crippen LogP contribution in [0.5, 0.6) is 0 Å². The van der Waals surface area contributed by atoms with Crippen molar-refractivity contribution >= 4 is 18.0 Å². The number of furan rings is 1. The average molecular weight is 327 g/mol. The molecule has 2 aromatic rings. The van der Waals surface area contributed by atoms with Crippen LogP contribution in [-0.4, -0.2) is 18.5 Å². The lowest BCUT2D eigenvalue weighted by Crippen LogP contribution is -2.27. The Hall–Kier alpha value is -2.82. The van der Waals surface area contributed by atoms with E-state index in [0.717, 1.165) is 5.56 Å². The number of amides is 1. The highest BCUT2D eigenvalue weighted by Crippen LogP contribution is 2.15. The fourth-order valence-corrected chi connectivity index (χ4v) is 1.99. The minimum Gasteiger partial charge on any atom is -0.467 e. The van der Waals surface area contributed by atoms with Crippen LogP contribution in [0.2, 0.25) is 0 Å². The van der Waals surface area contributed by atoms with Crippen LogP contribution in [0, 0.1) is 0 Å². The molecule has 0 spiro atoms. The molecule has 1 N–H and O–H groups in total. The van der Waals surface area contributed by atoms with E-state index in [1.807, 2.05) is 24.3 Å². The Bertz CT molecular complexity index is 685. The van der Waals surface area contributed by atoms with Gasteiger partial charge in [-0.15, -0.1) is 0 Å². The Morgan fingerprint density at radius 2 is 1.96 bits per heavy atom. The van der Waals surface area contributed by atoms with Gasteiger partial charge in [-0.1, -0.05) is 38.1 Å². The molecule has 1 amide bonds. The number of hydrogen-bond donors (Lipinski definition) is 1. The molecule has 0 aliphatic carbocycles. The van der Waals surface area contributed by atoms with Crippen LogP contribution in [0.1, 0.15) is 36.7 Å². The molecule has 126 valence electrons. The van der Waals surface area contributed by atoms with Crippen molar-refractivity contribution in [3.63, 3.8) is 0 Å². The second-order valence-corrected chi connectivity index (χ2v) is 5.62. The first kappa shape index (κ1) is 17.5. The maximum Gasteiger partial charge on any atom is 0.331 e. The topological polar surface area (TPSA) is 68.5 Å². The number of nitrogens with one attached hydrogen (secondary N) is 1. The summed E-state index contributed by atoms with van der Waals surface area (Å²) < 4.78 is 9.98. The standard InChI is InChI=1S/C19H21NO4/c1-14(2)16-8-5-15(6-9-16)7-10-19(22)24-13-18(21)20-12-17-4-3-11-23-17/h3-11,14H,12-13H2,1-2H3,(H,20,21)/b10-7+. The molecule has 0 aliphatic heterocycles. The summed E-state index contributed by atoms with van der Waals surface area (Å²) in [4.78, 5) is 23.2. The zero-order valence-corrected chi connectivity index (χ0v) is 13.8. The van der Waals surface area contributed by atoms with Crippen LogP contribution < -0.4 is 5.32 Å². The highest BCUT2D eigenvalue weighted by molar-refractivity contribution is 5.89. The Morgan fingerprint density at radius 3 is 2.58 bits per heavy atom. The smallest absolute Gasteiger partial charge is 0.331 e. The van der Waals surface area contributed by atoms with Gasteiger partial charge in [-0.2, -0.15) is 0 Å². The molecule has 24 heavy (non-hydrogen) atoms. The number of hydrogen-bond acceptors (Lipinski definition) is 4. The summed E-state index contributed by atoms with van der Waals surface area (Å²) in [5.74, 6) is 0.164. The summed E-state index contributed by atoms with van der Waals surface area (Å²) in [6.45, 7) is 4.19. The number of benzene rings is 1. The molecular formula is C19H21NO4. The summed E-state index contributed by atoms with van der Waals surface area (Å²) in [5, 5.41) is 2.60. The highest BCUT2D eigenvalue weighted by Gasteiger charge is 2.06. The van der Waals surface area contributed by atoms with Gasteiger partial charge in [-0.05, 0) is 35.3 Å². The Kier molecular flexibility index (Phi) is 6.37. The van der Waals surface area contributed by atoms with Crippen molar-refractivity contribution in [2.24, 2.45) is 0 Å². The van der Waals surface area contributed by atoms with Gasteiger partial charge in [0, 0.05) is 6.08 Å². The number of carbonyl (C=O) groups excluding carboxylic acids is 2. The van der Waals surface area contributed by atoms with E-state index in [2.05, 4.69) is 19.2 Å². The average Bonchev–Trinajstić information content (AvgIpc) is 3.10. The van der Waals surface area contributed by atoms with Crippen LogP contribution >= 0.6 is 0 Å². The molecule has 0 unspecified atom stereocenters. The zero-order chi connectivity index (χ0) is 17.4. The predicted molar refractivity (Wildman–Crippen MR) is 91.1 cm³/mol. The number of ether oxygens (including phenoxy) is 1. The van der Waals surface area contributed by atoms with Gasteiger partial charge in [0.25, 0.3) is 5.91 Å². The first-order valence-corrected chi connectivity index (χ1v) is 7.78. The molecule has 1 heterocycles. The van der Waals surface area contributed by atoms with Gasteiger partial charge >= 0.3 is 5.97 Å². The predicted octanol–water partition coefficient (Wildman–Crippen LogP) is 3.28. The van der Waals surface area contributed by atoms with Crippen molar-refractivity contribution in [3.8, 4) is 0 Å². The van der Waals surface area contributed by atoms with E-state index in [0.29, 0.717) is 11.7 Å². The summed E-state index contributed by atoms with van der Waals surface area (Å²) in [6, 6.07) is 11.4. The molecule has 0 saturated carbocycles. The maximum absolute atomic E-state index is 11.6. The third-order valence-electron chi connectivity index (χ3n) is 3.40. The molecule has 1 aromatic heterocycles. The lowest BCUT2D eigenvalue weighted by molar-refractivity contribution is -0.143. The first-order valence-electron chi connectivity index (χ1n) is 7.78. The Morgan fingerprint density at radius 1 is 1.21 bits per heavy atom. The van der Waals surface area contributed by atoms with Crippen LogP contribution in [0.4, 0.5) is 0 Å². The number of esters is 1. The van der Waals surface area contributed by atoms with Crippen molar-refractivity contribution in [3.05, 3.63) is 65.6 Å². The molecule has 2 rings (SSSR count). The Balaban J connectivity index is 1.72. The molecule has 5 nitrogen and oxygen atoms in total. The summed E-state index contributed by atoms with van der Waals surface area (Å²) >= 11 is 0. The normalized spacial score (nSPS) is 11.0. The van der Waals surface area contributed by atoms with Gasteiger partial charge in [0.2, 0.25) is 0 Å². The monoisotopic (exact) mass is 327 g/mol. The first-order chi connectivity index (χ1) is 11.5. The van der Waals surface area contributed by atoms with Crippen LogP contribution in [0.25, 0.3) is 6.08 Å². The summed E-state index contributed by atoms with van der Waals surface area (Å²) in [7, 11) is 0. The molecule has 1 aromatic carbocycles. The fourth-order valence-electron chi connectivity index (χ4n) is 1.99. The summed E-state index contributed by atoms with van der Waals surface area (Å²) in [5.41, 5.74) is 2.14. The van der Waals surface area contributed by atoms with Crippen molar-refractivity contribution in [1.82, 2.24) is 5.32 Å². The molecule has 0 radical (unpaired) electrons. The minimum absolute atomic E-state index is 0.265. The van der Waals surface area contributed by atoms with Gasteiger partial charge < -0.3 is 14.5 Å². The number of carbonyl (C=O) groups is 2. The molecule has 0 atom stereocenters. The van der Waals surface area contributed by atoms with E-state index >= 15 is 0 Å². The van der Waals surface area contributed by atoms with Crippen LogP contribution in [0.15, 0.2) is 53.2 Å². The molecule has 0 bridgehead atoms.